The summed E-state index contributed by atoms with van der Waals surface area (Å²) in [5, 5.41) is 0.558. The average Bonchev–Trinajstić information content (AvgIpc) is 2.89. The second-order valence-electron chi connectivity index (χ2n) is 10.3. The molecule has 0 N–H and O–H groups in total. The van der Waals surface area contributed by atoms with Gasteiger partial charge in [0.25, 0.3) is 0 Å². The van der Waals surface area contributed by atoms with Crippen LogP contribution >= 0.6 is 11.8 Å². The second kappa shape index (κ2) is 5.95. The smallest absolute Gasteiger partial charge is 0.186 e. The molecule has 3 nitrogen and oxygen atoms in total. The summed E-state index contributed by atoms with van der Waals surface area (Å²) in [6, 6.07) is 0. The maximum Gasteiger partial charge on any atom is 0.186 e. The molecule has 27 heavy (non-hydrogen) atoms. The number of ether oxygens (including phenoxy) is 1. The molecule has 1 spiro atoms. The van der Waals surface area contributed by atoms with Crippen molar-refractivity contribution in [1.29, 1.82) is 0 Å². The third kappa shape index (κ3) is 2.38. The zero-order valence-corrected chi connectivity index (χ0v) is 17.7. The zero-order valence-electron chi connectivity index (χ0n) is 16.9. The number of ketones is 1. The summed E-state index contributed by atoms with van der Waals surface area (Å²) in [4.78, 5) is 24.3. The third-order valence-corrected chi connectivity index (χ3v) is 10.6. The standard InChI is InChI=1S/C23H32O3S/c1-14(24)27-19-13-15-12-16(25)4-7-21(15,2)17-5-8-22(3)18(20(17)19)6-9-23(22)10-11-26-23/h12,17-20H,4-11,13H2,1-3H3/t17?,18?,19-,20?,21+,22+,23-/m1/s1. The Morgan fingerprint density at radius 2 is 1.89 bits per heavy atom. The fourth-order valence-corrected chi connectivity index (χ4v) is 9.15. The molecule has 0 radical (unpaired) electrons. The molecule has 5 rings (SSSR count). The Kier molecular flexibility index (Phi) is 4.06. The van der Waals surface area contributed by atoms with Crippen LogP contribution in [0.5, 0.6) is 0 Å². The Morgan fingerprint density at radius 1 is 1.15 bits per heavy atom. The number of hydrogen-bond acceptors (Lipinski definition) is 4. The van der Waals surface area contributed by atoms with Crippen LogP contribution in [0.4, 0.5) is 0 Å². The van der Waals surface area contributed by atoms with E-state index in [1.54, 1.807) is 18.7 Å². The maximum atomic E-state index is 12.1. The van der Waals surface area contributed by atoms with Crippen molar-refractivity contribution in [2.24, 2.45) is 28.6 Å². The summed E-state index contributed by atoms with van der Waals surface area (Å²) in [5.74, 6) is 2.13. The number of carbonyl (C=O) groups excluding carboxylic acids is 2. The van der Waals surface area contributed by atoms with Crippen molar-refractivity contribution in [3.63, 3.8) is 0 Å². The number of hydrogen-bond donors (Lipinski definition) is 0. The van der Waals surface area contributed by atoms with Gasteiger partial charge in [0.05, 0.1) is 12.2 Å². The Bertz CT molecular complexity index is 723. The van der Waals surface area contributed by atoms with Crippen molar-refractivity contribution in [1.82, 2.24) is 0 Å². The number of carbonyl (C=O) groups is 2. The first-order valence-corrected chi connectivity index (χ1v) is 11.7. The quantitative estimate of drug-likeness (QED) is 0.638. The van der Waals surface area contributed by atoms with E-state index in [4.69, 9.17) is 4.74 Å². The van der Waals surface area contributed by atoms with Crippen molar-refractivity contribution in [2.45, 2.75) is 83.0 Å². The molecule has 0 aromatic carbocycles. The first-order chi connectivity index (χ1) is 12.8. The van der Waals surface area contributed by atoms with Gasteiger partial charge in [-0.25, -0.2) is 0 Å². The van der Waals surface area contributed by atoms with Gasteiger partial charge in [-0.1, -0.05) is 31.2 Å². The van der Waals surface area contributed by atoms with E-state index in [-0.39, 0.29) is 27.3 Å². The lowest BCUT2D eigenvalue weighted by Crippen LogP contribution is -2.61. The monoisotopic (exact) mass is 388 g/mol. The minimum Gasteiger partial charge on any atom is -0.374 e. The van der Waals surface area contributed by atoms with Crippen LogP contribution in [0.15, 0.2) is 11.6 Å². The molecule has 0 bridgehead atoms. The number of fused-ring (bicyclic) bond motifs is 6. The van der Waals surface area contributed by atoms with E-state index in [0.717, 1.165) is 19.4 Å². The lowest BCUT2D eigenvalue weighted by molar-refractivity contribution is -0.226. The van der Waals surface area contributed by atoms with Crippen LogP contribution in [0.25, 0.3) is 0 Å². The highest BCUT2D eigenvalue weighted by molar-refractivity contribution is 8.14. The molecule has 3 saturated carbocycles. The van der Waals surface area contributed by atoms with Crippen LogP contribution < -0.4 is 0 Å². The van der Waals surface area contributed by atoms with Gasteiger partial charge in [-0.05, 0) is 73.2 Å². The van der Waals surface area contributed by atoms with Gasteiger partial charge >= 0.3 is 0 Å². The Hall–Kier alpha value is -0.610. The van der Waals surface area contributed by atoms with Crippen LogP contribution in [0.2, 0.25) is 0 Å². The van der Waals surface area contributed by atoms with Crippen molar-refractivity contribution in [3.05, 3.63) is 11.6 Å². The third-order valence-electron chi connectivity index (χ3n) is 9.45. The van der Waals surface area contributed by atoms with Gasteiger partial charge < -0.3 is 4.74 Å². The maximum absolute atomic E-state index is 12.1. The molecular weight excluding hydrogens is 356 g/mol. The van der Waals surface area contributed by atoms with E-state index < -0.39 is 0 Å². The zero-order chi connectivity index (χ0) is 19.0. The minimum absolute atomic E-state index is 0.119. The first kappa shape index (κ1) is 18.4. The van der Waals surface area contributed by atoms with Crippen LogP contribution in [-0.2, 0) is 14.3 Å². The summed E-state index contributed by atoms with van der Waals surface area (Å²) >= 11 is 1.56. The summed E-state index contributed by atoms with van der Waals surface area (Å²) in [5.41, 5.74) is 1.89. The van der Waals surface area contributed by atoms with E-state index in [0.29, 0.717) is 29.4 Å². The van der Waals surface area contributed by atoms with E-state index in [9.17, 15) is 9.59 Å². The van der Waals surface area contributed by atoms with E-state index in [1.807, 2.05) is 6.08 Å². The van der Waals surface area contributed by atoms with Crippen LogP contribution in [0, 0.1) is 28.6 Å². The van der Waals surface area contributed by atoms with Crippen LogP contribution in [0.3, 0.4) is 0 Å². The predicted molar refractivity (Wildman–Crippen MR) is 107 cm³/mol. The molecule has 1 saturated heterocycles. The SMILES string of the molecule is CC(=O)S[C@@H]1CC2=CC(=O)CC[C@]2(C)C2CC[C@@]3(C)C(CC[C@@]34CCO4)C21. The van der Waals surface area contributed by atoms with Crippen molar-refractivity contribution >= 4 is 22.7 Å². The van der Waals surface area contributed by atoms with Gasteiger partial charge in [0.1, 0.15) is 0 Å². The summed E-state index contributed by atoms with van der Waals surface area (Å²) in [7, 11) is 0. The lowest BCUT2D eigenvalue weighted by Gasteiger charge is -2.62. The Balaban J connectivity index is 1.56. The van der Waals surface area contributed by atoms with Crippen LogP contribution in [0.1, 0.15) is 72.1 Å². The lowest BCUT2D eigenvalue weighted by atomic mass is 9.46. The molecule has 0 aromatic rings. The normalized spacial score (nSPS) is 51.1. The summed E-state index contributed by atoms with van der Waals surface area (Å²) in [6.45, 7) is 7.55. The molecule has 0 aromatic heterocycles. The highest BCUT2D eigenvalue weighted by Crippen LogP contribution is 2.71. The molecule has 3 unspecified atom stereocenters. The largest absolute Gasteiger partial charge is 0.374 e. The molecule has 5 aliphatic rings. The van der Waals surface area contributed by atoms with Gasteiger partial charge in [-0.2, -0.15) is 0 Å². The molecule has 0 amide bonds. The van der Waals surface area contributed by atoms with Crippen LogP contribution in [-0.4, -0.2) is 28.4 Å². The molecule has 4 fully saturated rings. The summed E-state index contributed by atoms with van der Waals surface area (Å²) in [6.07, 6.45) is 10.7. The van der Waals surface area contributed by atoms with Crippen molar-refractivity contribution < 1.29 is 14.3 Å². The molecule has 1 heterocycles. The second-order valence-corrected chi connectivity index (χ2v) is 11.7. The van der Waals surface area contributed by atoms with Gasteiger partial charge in [0, 0.05) is 25.0 Å². The van der Waals surface area contributed by atoms with Crippen molar-refractivity contribution in [2.75, 3.05) is 6.61 Å². The fraction of sp³-hybridized carbons (Fsp3) is 0.826. The van der Waals surface area contributed by atoms with E-state index >= 15 is 0 Å². The highest BCUT2D eigenvalue weighted by Gasteiger charge is 2.68. The number of thioether (sulfide) groups is 1. The van der Waals surface area contributed by atoms with Gasteiger partial charge in [0.2, 0.25) is 0 Å². The molecular formula is C23H32O3S. The Morgan fingerprint density at radius 3 is 2.56 bits per heavy atom. The topological polar surface area (TPSA) is 43.4 Å². The summed E-state index contributed by atoms with van der Waals surface area (Å²) < 4.78 is 6.26. The molecule has 1 aliphatic heterocycles. The minimum atomic E-state index is 0.119. The van der Waals surface area contributed by atoms with E-state index in [1.165, 1.54) is 37.7 Å². The average molecular weight is 389 g/mol. The number of rotatable bonds is 1. The van der Waals surface area contributed by atoms with Gasteiger partial charge in [-0.3, -0.25) is 9.59 Å². The fourth-order valence-electron chi connectivity index (χ4n) is 7.92. The molecule has 7 atom stereocenters. The highest BCUT2D eigenvalue weighted by atomic mass is 32.2. The predicted octanol–water partition coefficient (Wildman–Crippen LogP) is 4.94. The molecule has 4 heteroatoms. The number of allylic oxidation sites excluding steroid dienone is 1. The van der Waals surface area contributed by atoms with Crippen molar-refractivity contribution in [3.8, 4) is 0 Å². The molecule has 148 valence electrons. The Labute approximate surface area is 167 Å². The van der Waals surface area contributed by atoms with Gasteiger partial charge in [-0.15, -0.1) is 0 Å². The molecule has 4 aliphatic carbocycles. The van der Waals surface area contributed by atoms with Gasteiger partial charge in [0.15, 0.2) is 10.9 Å². The van der Waals surface area contributed by atoms with E-state index in [2.05, 4.69) is 13.8 Å². The first-order valence-electron chi connectivity index (χ1n) is 10.8.